The standard InChI is InChI=1S/C26H26N2O2/c1-26(2,3)21-12-10-20(11-13-21)25(30)28-23-16-14-22(15-17-23)27-24(29)18-9-19-7-5-4-6-8-19/h4-18H,1-3H3,(H,27,29)(H,28,30). The van der Waals surface area contributed by atoms with Crippen molar-refractivity contribution in [1.29, 1.82) is 0 Å². The molecule has 30 heavy (non-hydrogen) atoms. The van der Waals surface area contributed by atoms with Gasteiger partial charge in [-0.25, -0.2) is 0 Å². The van der Waals surface area contributed by atoms with Crippen LogP contribution in [0.3, 0.4) is 0 Å². The molecule has 0 spiro atoms. The summed E-state index contributed by atoms with van der Waals surface area (Å²) in [4.78, 5) is 24.5. The third-order valence-corrected chi connectivity index (χ3v) is 4.65. The molecule has 4 nitrogen and oxygen atoms in total. The van der Waals surface area contributed by atoms with Crippen molar-refractivity contribution >= 4 is 29.3 Å². The van der Waals surface area contributed by atoms with Crippen molar-refractivity contribution in [3.63, 3.8) is 0 Å². The predicted molar refractivity (Wildman–Crippen MR) is 124 cm³/mol. The smallest absolute Gasteiger partial charge is 0.255 e. The number of nitrogens with one attached hydrogen (secondary N) is 2. The van der Waals surface area contributed by atoms with Crippen LogP contribution >= 0.6 is 0 Å². The number of rotatable bonds is 5. The van der Waals surface area contributed by atoms with E-state index < -0.39 is 0 Å². The number of amides is 2. The third-order valence-electron chi connectivity index (χ3n) is 4.65. The molecule has 0 atom stereocenters. The second-order valence-corrected chi connectivity index (χ2v) is 8.09. The maximum atomic E-state index is 12.5. The van der Waals surface area contributed by atoms with Crippen molar-refractivity contribution in [1.82, 2.24) is 0 Å². The van der Waals surface area contributed by atoms with Crippen LogP contribution in [0.25, 0.3) is 6.08 Å². The molecular weight excluding hydrogens is 372 g/mol. The van der Waals surface area contributed by atoms with E-state index in [1.54, 1.807) is 30.3 Å². The fourth-order valence-electron chi connectivity index (χ4n) is 2.88. The summed E-state index contributed by atoms with van der Waals surface area (Å²) >= 11 is 0. The van der Waals surface area contributed by atoms with Crippen LogP contribution in [0.2, 0.25) is 0 Å². The average molecular weight is 399 g/mol. The van der Waals surface area contributed by atoms with Crippen LogP contribution in [0.1, 0.15) is 42.3 Å². The van der Waals surface area contributed by atoms with Gasteiger partial charge < -0.3 is 10.6 Å². The highest BCUT2D eigenvalue weighted by atomic mass is 16.2. The summed E-state index contributed by atoms with van der Waals surface area (Å²) in [6, 6.07) is 24.3. The molecule has 4 heteroatoms. The van der Waals surface area contributed by atoms with Gasteiger partial charge in [-0.3, -0.25) is 9.59 Å². The molecule has 3 aromatic carbocycles. The van der Waals surface area contributed by atoms with Gasteiger partial charge in [-0.2, -0.15) is 0 Å². The van der Waals surface area contributed by atoms with Gasteiger partial charge in [-0.1, -0.05) is 63.2 Å². The molecule has 0 aliphatic carbocycles. The van der Waals surface area contributed by atoms with Gasteiger partial charge in [0.15, 0.2) is 0 Å². The third kappa shape index (κ3) is 5.92. The first-order chi connectivity index (χ1) is 14.3. The van der Waals surface area contributed by atoms with Crippen molar-refractivity contribution in [2.24, 2.45) is 0 Å². The van der Waals surface area contributed by atoms with Crippen LogP contribution in [-0.2, 0) is 10.2 Å². The molecule has 0 heterocycles. The summed E-state index contributed by atoms with van der Waals surface area (Å²) in [5.74, 6) is -0.382. The molecule has 0 aliphatic heterocycles. The van der Waals surface area contributed by atoms with E-state index >= 15 is 0 Å². The lowest BCUT2D eigenvalue weighted by molar-refractivity contribution is -0.111. The van der Waals surface area contributed by atoms with Crippen molar-refractivity contribution in [2.75, 3.05) is 10.6 Å². The number of benzene rings is 3. The lowest BCUT2D eigenvalue weighted by Crippen LogP contribution is -2.14. The molecule has 0 bridgehead atoms. The second kappa shape index (κ2) is 9.23. The molecule has 0 fully saturated rings. The molecule has 2 N–H and O–H groups in total. The Labute approximate surface area is 177 Å². The Balaban J connectivity index is 1.57. The van der Waals surface area contributed by atoms with Gasteiger partial charge in [0, 0.05) is 23.0 Å². The van der Waals surface area contributed by atoms with Crippen LogP contribution in [-0.4, -0.2) is 11.8 Å². The molecule has 0 saturated carbocycles. The Hall–Kier alpha value is -3.66. The summed E-state index contributed by atoms with van der Waals surface area (Å²) in [6.45, 7) is 6.42. The van der Waals surface area contributed by atoms with E-state index in [1.807, 2.05) is 54.6 Å². The van der Waals surface area contributed by atoms with Gasteiger partial charge in [0.1, 0.15) is 0 Å². The average Bonchev–Trinajstić information content (AvgIpc) is 2.74. The van der Waals surface area contributed by atoms with E-state index in [9.17, 15) is 9.59 Å². The summed E-state index contributed by atoms with van der Waals surface area (Å²) in [6.07, 6.45) is 3.25. The van der Waals surface area contributed by atoms with Gasteiger partial charge >= 0.3 is 0 Å². The van der Waals surface area contributed by atoms with Crippen molar-refractivity contribution < 1.29 is 9.59 Å². The zero-order chi connectivity index (χ0) is 21.6. The summed E-state index contributed by atoms with van der Waals surface area (Å²) in [7, 11) is 0. The highest BCUT2D eigenvalue weighted by molar-refractivity contribution is 6.05. The van der Waals surface area contributed by atoms with Crippen LogP contribution in [0.15, 0.2) is 84.9 Å². The quantitative estimate of drug-likeness (QED) is 0.527. The zero-order valence-electron chi connectivity index (χ0n) is 17.5. The summed E-state index contributed by atoms with van der Waals surface area (Å²) in [5.41, 5.74) is 4.11. The normalized spacial score (nSPS) is 11.3. The SMILES string of the molecule is CC(C)(C)c1ccc(C(=O)Nc2ccc(NC(=O)C=Cc3ccccc3)cc2)cc1. The van der Waals surface area contributed by atoms with E-state index in [0.717, 1.165) is 5.56 Å². The zero-order valence-corrected chi connectivity index (χ0v) is 17.5. The molecule has 0 saturated heterocycles. The van der Waals surface area contributed by atoms with Crippen molar-refractivity contribution in [3.05, 3.63) is 102 Å². The fourth-order valence-corrected chi connectivity index (χ4v) is 2.88. The first-order valence-corrected chi connectivity index (χ1v) is 9.87. The molecule has 3 rings (SSSR count). The lowest BCUT2D eigenvalue weighted by Gasteiger charge is -2.19. The van der Waals surface area contributed by atoms with Crippen LogP contribution in [0.4, 0.5) is 11.4 Å². The number of hydrogen-bond acceptors (Lipinski definition) is 2. The van der Waals surface area contributed by atoms with Crippen molar-refractivity contribution in [3.8, 4) is 0 Å². The van der Waals surface area contributed by atoms with Gasteiger partial charge in [-0.05, 0) is 59.0 Å². The maximum Gasteiger partial charge on any atom is 0.255 e. The Morgan fingerprint density at radius 1 is 0.733 bits per heavy atom. The van der Waals surface area contributed by atoms with Gasteiger partial charge in [0.05, 0.1) is 0 Å². The number of carbonyl (C=O) groups is 2. The minimum absolute atomic E-state index is 0.0472. The van der Waals surface area contributed by atoms with E-state index in [2.05, 4.69) is 31.4 Å². The molecule has 2 amide bonds. The molecule has 0 aromatic heterocycles. The van der Waals surface area contributed by atoms with E-state index in [0.29, 0.717) is 16.9 Å². The van der Waals surface area contributed by atoms with Crippen LogP contribution < -0.4 is 10.6 Å². The highest BCUT2D eigenvalue weighted by Crippen LogP contribution is 2.22. The van der Waals surface area contributed by atoms with Crippen LogP contribution in [0, 0.1) is 0 Å². The molecule has 0 unspecified atom stereocenters. The fraction of sp³-hybridized carbons (Fsp3) is 0.154. The van der Waals surface area contributed by atoms with Crippen molar-refractivity contribution in [2.45, 2.75) is 26.2 Å². The molecule has 3 aromatic rings. The monoisotopic (exact) mass is 398 g/mol. The minimum Gasteiger partial charge on any atom is -0.323 e. The van der Waals surface area contributed by atoms with Gasteiger partial charge in [-0.15, -0.1) is 0 Å². The summed E-state index contributed by atoms with van der Waals surface area (Å²) < 4.78 is 0. The number of hydrogen-bond donors (Lipinski definition) is 2. The minimum atomic E-state index is -0.213. The van der Waals surface area contributed by atoms with E-state index in [4.69, 9.17) is 0 Å². The van der Waals surface area contributed by atoms with Gasteiger partial charge in [0.25, 0.3) is 5.91 Å². The Morgan fingerprint density at radius 2 is 1.30 bits per heavy atom. The largest absolute Gasteiger partial charge is 0.323 e. The van der Waals surface area contributed by atoms with Crippen LogP contribution in [0.5, 0.6) is 0 Å². The van der Waals surface area contributed by atoms with Gasteiger partial charge in [0.2, 0.25) is 5.91 Å². The first-order valence-electron chi connectivity index (χ1n) is 9.87. The molecule has 0 aliphatic rings. The molecular formula is C26H26N2O2. The molecule has 0 radical (unpaired) electrons. The Kier molecular flexibility index (Phi) is 6.48. The Bertz CT molecular complexity index is 1030. The van der Waals surface area contributed by atoms with E-state index in [-0.39, 0.29) is 17.2 Å². The number of anilines is 2. The molecule has 152 valence electrons. The van der Waals surface area contributed by atoms with E-state index in [1.165, 1.54) is 11.6 Å². The Morgan fingerprint density at radius 3 is 1.87 bits per heavy atom. The topological polar surface area (TPSA) is 58.2 Å². The lowest BCUT2D eigenvalue weighted by atomic mass is 9.87. The summed E-state index contributed by atoms with van der Waals surface area (Å²) in [5, 5.41) is 5.68. The maximum absolute atomic E-state index is 12.5. The number of carbonyl (C=O) groups excluding carboxylic acids is 2. The first kappa shape index (κ1) is 21.1. The highest BCUT2D eigenvalue weighted by Gasteiger charge is 2.14. The predicted octanol–water partition coefficient (Wildman–Crippen LogP) is 5.89. The second-order valence-electron chi connectivity index (χ2n) is 8.09.